The maximum Gasteiger partial charge on any atom is 0.331 e. The summed E-state index contributed by atoms with van der Waals surface area (Å²) in [6.07, 6.45) is 19.0. The van der Waals surface area contributed by atoms with Crippen LogP contribution in [-0.2, 0) is 19.1 Å². The van der Waals surface area contributed by atoms with Crippen molar-refractivity contribution >= 4 is 17.5 Å². The molecule has 0 saturated heterocycles. The molecule has 0 radical (unpaired) electrons. The molecule has 5 aliphatic carbocycles. The van der Waals surface area contributed by atoms with E-state index in [4.69, 9.17) is 4.74 Å². The Morgan fingerprint density at radius 3 is 2.49 bits per heavy atom. The highest BCUT2D eigenvalue weighted by molar-refractivity contribution is 6.01. The van der Waals surface area contributed by atoms with Crippen molar-refractivity contribution in [3.63, 3.8) is 0 Å². The lowest BCUT2D eigenvalue weighted by Gasteiger charge is -2.62. The quantitative estimate of drug-likeness (QED) is 0.154. The largest absolute Gasteiger partial charge is 0.454 e. The lowest BCUT2D eigenvalue weighted by Crippen LogP contribution is -2.69. The molecular weight excluding hydrogens is 619 g/mol. The van der Waals surface area contributed by atoms with Crippen molar-refractivity contribution in [3.8, 4) is 0 Å². The van der Waals surface area contributed by atoms with Crippen LogP contribution in [0, 0.1) is 34.0 Å². The van der Waals surface area contributed by atoms with Gasteiger partial charge in [-0.25, -0.2) is 9.18 Å². The van der Waals surface area contributed by atoms with Gasteiger partial charge in [-0.1, -0.05) is 80.9 Å². The molecule has 5 aliphatic rings. The molecule has 0 amide bonds. The van der Waals surface area contributed by atoms with Crippen molar-refractivity contribution in [1.82, 2.24) is 0 Å². The summed E-state index contributed by atoms with van der Waals surface area (Å²) in [7, 11) is 0. The molecule has 266 valence electrons. The van der Waals surface area contributed by atoms with Gasteiger partial charge in [-0.05, 0) is 113 Å². The van der Waals surface area contributed by atoms with Gasteiger partial charge < -0.3 is 14.9 Å². The molecule has 0 spiro atoms. The topological polar surface area (TPSA) is 101 Å². The van der Waals surface area contributed by atoms with Gasteiger partial charge in [0.2, 0.25) is 5.78 Å². The second kappa shape index (κ2) is 13.2. The first-order valence-electron chi connectivity index (χ1n) is 18.0. The molecule has 0 unspecified atom stereocenters. The van der Waals surface area contributed by atoms with Crippen molar-refractivity contribution in [3.05, 3.63) is 82.5 Å². The fourth-order valence-electron chi connectivity index (χ4n) is 10.3. The predicted molar refractivity (Wildman–Crippen MR) is 190 cm³/mol. The number of aliphatic hydroxyl groups is 2. The lowest BCUT2D eigenvalue weighted by atomic mass is 9.44. The summed E-state index contributed by atoms with van der Waals surface area (Å²) in [6, 6.07) is 0. The molecule has 6 nitrogen and oxygen atoms in total. The predicted octanol–water partition coefficient (Wildman–Crippen LogP) is 7.98. The highest BCUT2D eigenvalue weighted by Gasteiger charge is 2.75. The van der Waals surface area contributed by atoms with Gasteiger partial charge in [0.1, 0.15) is 5.60 Å². The summed E-state index contributed by atoms with van der Waals surface area (Å²) >= 11 is 0. The molecule has 0 aromatic rings. The number of allylic oxidation sites excluding steroid dienone is 13. The number of ether oxygens (including phenoxy) is 1. The summed E-state index contributed by atoms with van der Waals surface area (Å²) in [5.41, 5.74) is -0.833. The molecule has 0 aromatic heterocycles. The Bertz CT molecular complexity index is 1620. The Labute approximate surface area is 291 Å². The minimum atomic E-state index is -2.05. The Morgan fingerprint density at radius 2 is 1.80 bits per heavy atom. The number of rotatable bonds is 8. The van der Waals surface area contributed by atoms with E-state index in [2.05, 4.69) is 32.9 Å². The Hall–Kier alpha value is -3.16. The Morgan fingerprint density at radius 1 is 1.08 bits per heavy atom. The average Bonchev–Trinajstić information content (AvgIpc) is 3.21. The summed E-state index contributed by atoms with van der Waals surface area (Å²) in [6.45, 7) is 15.3. The summed E-state index contributed by atoms with van der Waals surface area (Å²) in [5, 5.41) is 23.7. The summed E-state index contributed by atoms with van der Waals surface area (Å²) < 4.78 is 22.8. The second-order valence-electron chi connectivity index (χ2n) is 16.6. The van der Waals surface area contributed by atoms with E-state index in [-0.39, 0.29) is 17.6 Å². The minimum Gasteiger partial charge on any atom is -0.454 e. The van der Waals surface area contributed by atoms with E-state index in [1.807, 2.05) is 19.1 Å². The number of carbonyl (C=O) groups excluding carboxylic acids is 3. The van der Waals surface area contributed by atoms with Gasteiger partial charge in [0, 0.05) is 22.8 Å². The number of fused-ring (bicyclic) bond motifs is 5. The van der Waals surface area contributed by atoms with Crippen LogP contribution in [0.25, 0.3) is 0 Å². The van der Waals surface area contributed by atoms with E-state index in [0.29, 0.717) is 30.4 Å². The molecule has 3 saturated carbocycles. The van der Waals surface area contributed by atoms with Gasteiger partial charge in [0.15, 0.2) is 18.1 Å². The number of carbonyl (C=O) groups is 3. The van der Waals surface area contributed by atoms with Crippen molar-refractivity contribution in [1.29, 1.82) is 0 Å². The number of Topliss-reactive ketones (excluding diaryl/α,β-unsaturated/α-hetero) is 1. The standard InChI is InChI=1S/C42H55FO6/c1-26(14-16-32-28(3)13-10-19-38(32,5)6)11-9-12-27(2)21-37(47)49-25-36(46)42(48)29(4)22-34-33-17-15-30-23-31(44)18-20-39(30,7)41(33,43)35(45)24-40(34,42)8/h9,11-12,14,16,18,20-21,23,29,33-35,45,48H,10,13,15,17,19,22,24-25H2,1-8H3/b12-9+,16-14+,26-11+,27-21+/t29-,33-,34-,35-,39-,40-,41-,42-/m0/s1. The summed E-state index contributed by atoms with van der Waals surface area (Å²) in [4.78, 5) is 38.6. The van der Waals surface area contributed by atoms with Gasteiger partial charge in [-0.2, -0.15) is 0 Å². The van der Waals surface area contributed by atoms with Crippen molar-refractivity contribution in [2.45, 2.75) is 118 Å². The van der Waals surface area contributed by atoms with Crippen LogP contribution in [0.1, 0.15) is 100 Å². The molecule has 2 N–H and O–H groups in total. The maximum atomic E-state index is 17.4. The van der Waals surface area contributed by atoms with E-state index in [9.17, 15) is 24.6 Å². The third-order valence-corrected chi connectivity index (χ3v) is 13.1. The fraction of sp³-hybridized carbons (Fsp3) is 0.595. The normalized spacial score (nSPS) is 39.2. The first-order chi connectivity index (χ1) is 22.8. The average molecular weight is 675 g/mol. The van der Waals surface area contributed by atoms with Crippen molar-refractivity contribution in [2.24, 2.45) is 34.0 Å². The lowest BCUT2D eigenvalue weighted by molar-refractivity contribution is -0.219. The van der Waals surface area contributed by atoms with E-state index in [1.54, 1.807) is 39.8 Å². The minimum absolute atomic E-state index is 0.128. The number of esters is 1. The number of hydrogen-bond acceptors (Lipinski definition) is 6. The molecule has 3 fully saturated rings. The van der Waals surface area contributed by atoms with Gasteiger partial charge >= 0.3 is 5.97 Å². The molecule has 8 atom stereocenters. The Kier molecular flexibility index (Phi) is 9.99. The van der Waals surface area contributed by atoms with Gasteiger partial charge in [0.25, 0.3) is 0 Å². The van der Waals surface area contributed by atoms with Crippen LogP contribution in [0.5, 0.6) is 0 Å². The molecule has 7 heteroatoms. The van der Waals surface area contributed by atoms with Crippen LogP contribution < -0.4 is 0 Å². The monoisotopic (exact) mass is 674 g/mol. The third kappa shape index (κ3) is 6.13. The second-order valence-corrected chi connectivity index (χ2v) is 16.6. The molecular formula is C42H55FO6. The zero-order valence-corrected chi connectivity index (χ0v) is 30.6. The van der Waals surface area contributed by atoms with Gasteiger partial charge in [-0.3, -0.25) is 9.59 Å². The van der Waals surface area contributed by atoms with Crippen LogP contribution in [0.4, 0.5) is 4.39 Å². The number of halogens is 1. The van der Waals surface area contributed by atoms with Crippen LogP contribution >= 0.6 is 0 Å². The molecule has 49 heavy (non-hydrogen) atoms. The van der Waals surface area contributed by atoms with E-state index < -0.39 is 64.3 Å². The smallest absolute Gasteiger partial charge is 0.331 e. The van der Waals surface area contributed by atoms with Crippen LogP contribution in [0.2, 0.25) is 0 Å². The fourth-order valence-corrected chi connectivity index (χ4v) is 10.3. The van der Waals surface area contributed by atoms with E-state index in [1.165, 1.54) is 42.2 Å². The van der Waals surface area contributed by atoms with Crippen LogP contribution in [0.3, 0.4) is 0 Å². The SMILES string of the molecule is CC1=C(/C=C/C(C)=C/C=C/C(C)=C/C(=O)OCC(=O)[C@@]2(O)[C@@H](C)C[C@H]3[C@@H]4CCC5=CC(=O)C=C[C@]5(C)[C@@]4(F)[C@@H](O)C[C@@]32C)C(C)(C)CCC1. The molecule has 0 bridgehead atoms. The van der Waals surface area contributed by atoms with E-state index in [0.717, 1.165) is 12.0 Å². The first kappa shape index (κ1) is 37.1. The highest BCUT2D eigenvalue weighted by Crippen LogP contribution is 2.70. The maximum absolute atomic E-state index is 17.4. The molecule has 0 aliphatic heterocycles. The molecule has 0 heterocycles. The van der Waals surface area contributed by atoms with Gasteiger partial charge in [-0.15, -0.1) is 0 Å². The Balaban J connectivity index is 1.24. The van der Waals surface area contributed by atoms with Gasteiger partial charge in [0.05, 0.1) is 6.10 Å². The van der Waals surface area contributed by atoms with Crippen molar-refractivity contribution < 1.29 is 33.7 Å². The number of hydrogen-bond donors (Lipinski definition) is 2. The number of alkyl halides is 1. The summed E-state index contributed by atoms with van der Waals surface area (Å²) in [5.74, 6) is -3.07. The zero-order chi connectivity index (χ0) is 36.2. The first-order valence-corrected chi connectivity index (χ1v) is 18.0. The molecule has 5 rings (SSSR count). The number of aliphatic hydroxyl groups excluding tert-OH is 1. The highest BCUT2D eigenvalue weighted by atomic mass is 19.1. The third-order valence-electron chi connectivity index (χ3n) is 13.1. The van der Waals surface area contributed by atoms with E-state index >= 15 is 4.39 Å². The molecule has 0 aromatic carbocycles. The van der Waals surface area contributed by atoms with Crippen molar-refractivity contribution in [2.75, 3.05) is 6.61 Å². The number of ketones is 2. The van der Waals surface area contributed by atoms with Crippen LogP contribution in [-0.4, -0.2) is 51.7 Å². The van der Waals surface area contributed by atoms with Crippen LogP contribution in [0.15, 0.2) is 82.5 Å². The zero-order valence-electron chi connectivity index (χ0n) is 30.6.